The number of halogens is 3. The molecule has 3 N–H and O–H groups in total. The summed E-state index contributed by atoms with van der Waals surface area (Å²) in [7, 11) is 0. The van der Waals surface area contributed by atoms with E-state index in [0.717, 1.165) is 17.8 Å². The molecule has 1 fully saturated rings. The van der Waals surface area contributed by atoms with Gasteiger partial charge in [0.05, 0.1) is 22.2 Å². The Bertz CT molecular complexity index is 1250. The zero-order valence-electron chi connectivity index (χ0n) is 18.7. The van der Waals surface area contributed by atoms with E-state index in [2.05, 4.69) is 26.2 Å². The minimum atomic E-state index is -1.28. The van der Waals surface area contributed by atoms with E-state index in [1.807, 2.05) is 0 Å². The molecule has 0 bridgehead atoms. The summed E-state index contributed by atoms with van der Waals surface area (Å²) < 4.78 is 47.8. The van der Waals surface area contributed by atoms with E-state index in [1.165, 1.54) is 12.3 Å². The highest BCUT2D eigenvalue weighted by Crippen LogP contribution is 2.66. The second kappa shape index (κ2) is 8.51. The van der Waals surface area contributed by atoms with Crippen molar-refractivity contribution in [3.8, 4) is 18.2 Å². The second-order valence-corrected chi connectivity index (χ2v) is 9.93. The van der Waals surface area contributed by atoms with Gasteiger partial charge in [-0.1, -0.05) is 17.7 Å². The molecule has 0 spiro atoms. The fourth-order valence-electron chi connectivity index (χ4n) is 4.25. The van der Waals surface area contributed by atoms with Crippen molar-refractivity contribution < 1.29 is 22.7 Å². The number of amidine groups is 1. The number of hydrogen-bond donors (Lipinski definition) is 2. The second-order valence-electron chi connectivity index (χ2n) is 8.50. The van der Waals surface area contributed by atoms with E-state index in [1.54, 1.807) is 20.8 Å². The largest absolute Gasteiger partial charge is 0.460 e. The highest BCUT2D eigenvalue weighted by Gasteiger charge is 2.66. The average Bonchev–Trinajstić information content (AvgIpc) is 3.51. The topological polar surface area (TPSA) is 102 Å². The number of rotatable bonds is 6. The van der Waals surface area contributed by atoms with Crippen LogP contribution in [0.3, 0.4) is 0 Å². The van der Waals surface area contributed by atoms with Gasteiger partial charge in [-0.3, -0.25) is 9.79 Å². The lowest BCUT2D eigenvalue weighted by Gasteiger charge is -2.33. The number of nitrogens with two attached hydrogens (primary N) is 1. The Morgan fingerprint density at radius 3 is 2.85 bits per heavy atom. The molecule has 34 heavy (non-hydrogen) atoms. The Kier molecular flexibility index (Phi) is 5.97. The first kappa shape index (κ1) is 23.9. The van der Waals surface area contributed by atoms with Gasteiger partial charge < -0.3 is 15.8 Å². The number of aromatic nitrogens is 2. The number of aliphatic imine (C=N–C) groups is 1. The van der Waals surface area contributed by atoms with Gasteiger partial charge in [0.15, 0.2) is 22.9 Å². The maximum atomic E-state index is 14.9. The van der Waals surface area contributed by atoms with E-state index in [-0.39, 0.29) is 39.6 Å². The summed E-state index contributed by atoms with van der Waals surface area (Å²) in [6.45, 7) is 4.14. The Labute approximate surface area is 198 Å². The predicted molar refractivity (Wildman–Crippen MR) is 123 cm³/mol. The van der Waals surface area contributed by atoms with Crippen molar-refractivity contribution >= 4 is 28.5 Å². The number of fused-ring (bicyclic) bond motifs is 1. The van der Waals surface area contributed by atoms with E-state index < -0.39 is 40.6 Å². The number of benzene rings is 1. The number of anilines is 1. The molecule has 7 nitrogen and oxygen atoms in total. The maximum absolute atomic E-state index is 14.9. The van der Waals surface area contributed by atoms with Crippen LogP contribution in [0.15, 0.2) is 23.3 Å². The number of thioether (sulfide) groups is 1. The van der Waals surface area contributed by atoms with Crippen molar-refractivity contribution in [1.82, 2.24) is 9.97 Å². The number of aryl methyl sites for hydroxylation is 1. The van der Waals surface area contributed by atoms with Crippen LogP contribution in [0.5, 0.6) is 5.88 Å². The molecule has 2 aliphatic rings. The molecule has 4 atom stereocenters. The van der Waals surface area contributed by atoms with Crippen molar-refractivity contribution in [1.29, 1.82) is 0 Å². The van der Waals surface area contributed by atoms with Crippen LogP contribution in [0.2, 0.25) is 0 Å². The van der Waals surface area contributed by atoms with Gasteiger partial charge in [0.1, 0.15) is 12.4 Å². The molecule has 0 saturated heterocycles. The number of hydrogen-bond acceptors (Lipinski definition) is 7. The number of alkyl halides is 1. The summed E-state index contributed by atoms with van der Waals surface area (Å²) in [6.07, 6.45) is 6.41. The normalized spacial score (nSPS) is 26.0. The quantitative estimate of drug-likeness (QED) is 0.600. The lowest BCUT2D eigenvalue weighted by Crippen LogP contribution is -2.37. The molecule has 11 heteroatoms. The van der Waals surface area contributed by atoms with Crippen molar-refractivity contribution in [2.75, 3.05) is 12.0 Å². The van der Waals surface area contributed by atoms with E-state index in [9.17, 15) is 18.0 Å². The molecule has 1 aromatic carbocycles. The molecule has 0 radical (unpaired) electrons. The van der Waals surface area contributed by atoms with Gasteiger partial charge >= 0.3 is 0 Å². The minimum absolute atomic E-state index is 0.0129. The fraction of sp³-hybridized carbons (Fsp3) is 0.391. The molecule has 178 valence electrons. The molecular weight excluding hydrogens is 467 g/mol. The molecule has 1 amide bonds. The summed E-state index contributed by atoms with van der Waals surface area (Å²) in [5.74, 6) is -0.817. The summed E-state index contributed by atoms with van der Waals surface area (Å²) in [5, 5.41) is 2.63. The molecule has 1 saturated carbocycles. The average molecular weight is 490 g/mol. The Balaban J connectivity index is 1.63. The number of ether oxygens (including phenoxy) is 1. The van der Waals surface area contributed by atoms with Gasteiger partial charge in [-0.2, -0.15) is 0 Å². The van der Waals surface area contributed by atoms with Crippen LogP contribution in [-0.2, 0) is 5.54 Å². The van der Waals surface area contributed by atoms with Crippen LogP contribution in [0.25, 0.3) is 0 Å². The number of carbonyl (C=O) groups is 1. The van der Waals surface area contributed by atoms with E-state index in [4.69, 9.17) is 16.9 Å². The third kappa shape index (κ3) is 4.07. The van der Waals surface area contributed by atoms with Crippen LogP contribution in [0.1, 0.15) is 42.0 Å². The molecule has 0 unspecified atom stereocenters. The van der Waals surface area contributed by atoms with Crippen LogP contribution in [0, 0.1) is 36.8 Å². The van der Waals surface area contributed by atoms with Crippen molar-refractivity contribution in [2.45, 2.75) is 43.6 Å². The SMILES string of the molecule is C#C[C@H](C)Oc1cnc(C(=O)Nc2cc(F)c(F)c([C@@]3(C)N=C(N)S[C@@]4(CF)C[C@H]43)c2)c(C)n1. The lowest BCUT2D eigenvalue weighted by atomic mass is 9.85. The third-order valence-electron chi connectivity index (χ3n) is 6.08. The standard InChI is InChI=1S/C23H22F3N5O2S/c1-5-11(2)33-17-9-28-19(12(3)29-17)20(32)30-13-6-14(18(26)15(25)7-13)22(4)16-8-23(16,10-24)34-21(27)31-22/h1,6-7,9,11,16H,8,10H2,2-4H3,(H2,27,31)(H,30,32)/t11-,16-,22+,23+/m0/s1. The Morgan fingerprint density at radius 2 is 2.21 bits per heavy atom. The summed E-state index contributed by atoms with van der Waals surface area (Å²) in [5.41, 5.74) is 4.71. The fourth-order valence-corrected chi connectivity index (χ4v) is 5.57. The van der Waals surface area contributed by atoms with Crippen molar-refractivity contribution in [3.05, 3.63) is 46.9 Å². The molecule has 4 rings (SSSR count). The van der Waals surface area contributed by atoms with Crippen LogP contribution >= 0.6 is 11.8 Å². The van der Waals surface area contributed by atoms with Gasteiger partial charge in [-0.15, -0.1) is 6.42 Å². The number of nitrogens with zero attached hydrogens (tertiary/aromatic N) is 3. The zero-order chi connectivity index (χ0) is 24.8. The maximum Gasteiger partial charge on any atom is 0.276 e. The number of nitrogens with one attached hydrogen (secondary N) is 1. The first-order chi connectivity index (χ1) is 16.0. The number of amides is 1. The van der Waals surface area contributed by atoms with Crippen LogP contribution in [0.4, 0.5) is 18.9 Å². The van der Waals surface area contributed by atoms with Gasteiger partial charge in [-0.05, 0) is 33.3 Å². The van der Waals surface area contributed by atoms with Crippen molar-refractivity contribution in [3.63, 3.8) is 0 Å². The molecule has 2 aromatic rings. The minimum Gasteiger partial charge on any atom is -0.460 e. The molecule has 1 aromatic heterocycles. The molecule has 1 aliphatic carbocycles. The Hall–Kier alpha value is -3.26. The van der Waals surface area contributed by atoms with Crippen LogP contribution in [-0.4, -0.2) is 38.6 Å². The van der Waals surface area contributed by atoms with Gasteiger partial charge in [0.2, 0.25) is 5.88 Å². The summed E-state index contributed by atoms with van der Waals surface area (Å²) in [6, 6.07) is 2.15. The highest BCUT2D eigenvalue weighted by molar-refractivity contribution is 8.15. The smallest absolute Gasteiger partial charge is 0.276 e. The zero-order valence-corrected chi connectivity index (χ0v) is 19.5. The first-order valence-corrected chi connectivity index (χ1v) is 11.2. The predicted octanol–water partition coefficient (Wildman–Crippen LogP) is 3.72. The highest BCUT2D eigenvalue weighted by atomic mass is 32.2. The number of carbonyl (C=O) groups excluding carboxylic acids is 1. The number of terminal acetylenes is 1. The van der Waals surface area contributed by atoms with E-state index in [0.29, 0.717) is 6.42 Å². The third-order valence-corrected chi connectivity index (χ3v) is 7.35. The summed E-state index contributed by atoms with van der Waals surface area (Å²) >= 11 is 1.12. The van der Waals surface area contributed by atoms with Crippen LogP contribution < -0.4 is 15.8 Å². The van der Waals surface area contributed by atoms with E-state index >= 15 is 0 Å². The van der Waals surface area contributed by atoms with Gasteiger partial charge in [0, 0.05) is 23.2 Å². The molecular formula is C23H22F3N5O2S. The van der Waals surface area contributed by atoms with Gasteiger partial charge in [-0.25, -0.2) is 23.1 Å². The van der Waals surface area contributed by atoms with Gasteiger partial charge in [0.25, 0.3) is 5.91 Å². The monoisotopic (exact) mass is 489 g/mol. The summed E-state index contributed by atoms with van der Waals surface area (Å²) in [4.78, 5) is 25.4. The molecule has 1 aliphatic heterocycles. The Morgan fingerprint density at radius 1 is 1.47 bits per heavy atom. The van der Waals surface area contributed by atoms with Crippen molar-refractivity contribution in [2.24, 2.45) is 16.6 Å². The lowest BCUT2D eigenvalue weighted by molar-refractivity contribution is 0.102. The molecule has 2 heterocycles. The first-order valence-electron chi connectivity index (χ1n) is 10.4.